The highest BCUT2D eigenvalue weighted by molar-refractivity contribution is 7.88. The van der Waals surface area contributed by atoms with Gasteiger partial charge in [-0.1, -0.05) is 36.4 Å². The van der Waals surface area contributed by atoms with E-state index in [4.69, 9.17) is 0 Å². The average Bonchev–Trinajstić information content (AvgIpc) is 2.54. The van der Waals surface area contributed by atoms with Crippen LogP contribution in [-0.4, -0.2) is 18.9 Å². The minimum Gasteiger partial charge on any atom is -0.355 e. The summed E-state index contributed by atoms with van der Waals surface area (Å²) < 4.78 is 64.1. The fourth-order valence-corrected chi connectivity index (χ4v) is 2.52. The van der Waals surface area contributed by atoms with Crippen LogP contribution in [0.2, 0.25) is 0 Å². The average molecular weight is 367 g/mol. The summed E-state index contributed by atoms with van der Waals surface area (Å²) in [7, 11) is -5.77. The van der Waals surface area contributed by atoms with E-state index < -0.39 is 21.5 Å². The first-order chi connectivity index (χ1) is 11.7. The standard InChI is InChI=1S/C14H8F3NO3S.C3H4/c15-14(16,17)22(19,20)21-13-11-7-2-1-5-9(11)10-6-3-4-8-12(10)18-13;1-3-2/h1-8H;1H,2H3. The quantitative estimate of drug-likeness (QED) is 0.294. The third-order valence-electron chi connectivity index (χ3n) is 3.05. The van der Waals surface area contributed by atoms with Gasteiger partial charge in [-0.05, 0) is 24.4 Å². The van der Waals surface area contributed by atoms with Crippen molar-refractivity contribution in [3.8, 4) is 18.2 Å². The van der Waals surface area contributed by atoms with Gasteiger partial charge in [0.25, 0.3) is 0 Å². The molecule has 0 radical (unpaired) electrons. The summed E-state index contributed by atoms with van der Waals surface area (Å²) in [5.74, 6) is 1.66. The number of terminal acetylenes is 1. The minimum atomic E-state index is -5.77. The van der Waals surface area contributed by atoms with Crippen LogP contribution in [0, 0.1) is 12.3 Å². The highest BCUT2D eigenvalue weighted by Crippen LogP contribution is 2.33. The summed E-state index contributed by atoms with van der Waals surface area (Å²) in [6, 6.07) is 13.1. The lowest BCUT2D eigenvalue weighted by Gasteiger charge is -2.12. The molecule has 0 aliphatic carbocycles. The number of pyridine rings is 1. The molecule has 0 aliphatic rings. The van der Waals surface area contributed by atoms with E-state index in [1.54, 1.807) is 49.4 Å². The molecule has 3 rings (SSSR count). The maximum atomic E-state index is 12.5. The molecule has 130 valence electrons. The molecule has 0 saturated carbocycles. The third kappa shape index (κ3) is 3.83. The van der Waals surface area contributed by atoms with Crippen LogP contribution in [0.3, 0.4) is 0 Å². The maximum Gasteiger partial charge on any atom is 0.534 e. The van der Waals surface area contributed by atoms with Gasteiger partial charge in [0, 0.05) is 10.8 Å². The van der Waals surface area contributed by atoms with E-state index in [0.717, 1.165) is 0 Å². The molecule has 0 fully saturated rings. The Balaban J connectivity index is 0.000000701. The molecule has 8 heteroatoms. The Morgan fingerprint density at radius 1 is 1.00 bits per heavy atom. The number of nitrogens with zero attached hydrogens (tertiary/aromatic N) is 1. The zero-order chi connectivity index (χ0) is 18.7. The van der Waals surface area contributed by atoms with Crippen molar-refractivity contribution < 1.29 is 25.8 Å². The summed E-state index contributed by atoms with van der Waals surface area (Å²) in [5.41, 5.74) is -5.17. The summed E-state index contributed by atoms with van der Waals surface area (Å²) in [5, 5.41) is 1.43. The second-order valence-electron chi connectivity index (χ2n) is 4.75. The Kier molecular flexibility index (Phi) is 5.18. The van der Waals surface area contributed by atoms with E-state index in [1.807, 2.05) is 0 Å². The Morgan fingerprint density at radius 2 is 1.48 bits per heavy atom. The van der Waals surface area contributed by atoms with Crippen LogP contribution in [0.15, 0.2) is 48.5 Å². The lowest BCUT2D eigenvalue weighted by molar-refractivity contribution is -0.0500. The van der Waals surface area contributed by atoms with Crippen molar-refractivity contribution in [2.24, 2.45) is 0 Å². The lowest BCUT2D eigenvalue weighted by atomic mass is 10.1. The van der Waals surface area contributed by atoms with Gasteiger partial charge in [-0.25, -0.2) is 4.98 Å². The molecule has 0 N–H and O–H groups in total. The van der Waals surface area contributed by atoms with Gasteiger partial charge < -0.3 is 4.18 Å². The zero-order valence-corrected chi connectivity index (χ0v) is 13.7. The highest BCUT2D eigenvalue weighted by Gasteiger charge is 2.49. The van der Waals surface area contributed by atoms with Crippen LogP contribution < -0.4 is 4.18 Å². The summed E-state index contributed by atoms with van der Waals surface area (Å²) in [6.45, 7) is 1.65. The first-order valence-electron chi connectivity index (χ1n) is 6.87. The van der Waals surface area contributed by atoms with Crippen molar-refractivity contribution in [2.45, 2.75) is 12.4 Å². The third-order valence-corrected chi connectivity index (χ3v) is 3.99. The fraction of sp³-hybridized carbons (Fsp3) is 0.118. The SMILES string of the molecule is C#CC.O=S(=O)(Oc1nc2ccccc2c2ccccc12)C(F)(F)F. The van der Waals surface area contributed by atoms with E-state index in [2.05, 4.69) is 21.5 Å². The predicted molar refractivity (Wildman–Crippen MR) is 89.4 cm³/mol. The number of para-hydroxylation sites is 1. The van der Waals surface area contributed by atoms with Crippen molar-refractivity contribution in [1.82, 2.24) is 4.98 Å². The van der Waals surface area contributed by atoms with Crippen molar-refractivity contribution in [2.75, 3.05) is 0 Å². The molecule has 25 heavy (non-hydrogen) atoms. The molecular weight excluding hydrogens is 355 g/mol. The fourth-order valence-electron chi connectivity index (χ4n) is 2.09. The Bertz CT molecular complexity index is 1050. The molecule has 1 heterocycles. The van der Waals surface area contributed by atoms with Crippen molar-refractivity contribution in [3.05, 3.63) is 48.5 Å². The first kappa shape index (κ1) is 18.5. The van der Waals surface area contributed by atoms with Gasteiger partial charge in [0.2, 0.25) is 5.88 Å². The van der Waals surface area contributed by atoms with Gasteiger partial charge in [0.05, 0.1) is 5.52 Å². The topological polar surface area (TPSA) is 56.3 Å². The number of fused-ring (bicyclic) bond motifs is 3. The molecule has 3 aromatic rings. The van der Waals surface area contributed by atoms with Gasteiger partial charge in [-0.15, -0.1) is 12.3 Å². The van der Waals surface area contributed by atoms with Crippen LogP contribution in [0.5, 0.6) is 5.88 Å². The van der Waals surface area contributed by atoms with Gasteiger partial charge in [0.1, 0.15) is 0 Å². The molecule has 0 atom stereocenters. The molecule has 0 aliphatic heterocycles. The molecule has 0 spiro atoms. The summed E-state index contributed by atoms with van der Waals surface area (Å²) >= 11 is 0. The molecule has 0 saturated heterocycles. The number of alkyl halides is 3. The maximum absolute atomic E-state index is 12.5. The number of halogens is 3. The number of aromatic nitrogens is 1. The molecule has 2 aromatic carbocycles. The molecular formula is C17H12F3NO3S. The van der Waals surface area contributed by atoms with Gasteiger partial charge in [-0.3, -0.25) is 0 Å². The van der Waals surface area contributed by atoms with Crippen molar-refractivity contribution in [1.29, 1.82) is 0 Å². The van der Waals surface area contributed by atoms with Gasteiger partial charge in [-0.2, -0.15) is 21.6 Å². The number of rotatable bonds is 2. The van der Waals surface area contributed by atoms with E-state index in [1.165, 1.54) is 6.07 Å². The lowest BCUT2D eigenvalue weighted by Crippen LogP contribution is -2.28. The number of hydrogen-bond acceptors (Lipinski definition) is 4. The first-order valence-corrected chi connectivity index (χ1v) is 8.27. The summed E-state index contributed by atoms with van der Waals surface area (Å²) in [6.07, 6.45) is 4.60. The van der Waals surface area contributed by atoms with Crippen LogP contribution in [-0.2, 0) is 10.1 Å². The largest absolute Gasteiger partial charge is 0.534 e. The highest BCUT2D eigenvalue weighted by atomic mass is 32.2. The summed E-state index contributed by atoms with van der Waals surface area (Å²) in [4.78, 5) is 3.90. The Morgan fingerprint density at radius 3 is 2.04 bits per heavy atom. The molecule has 1 aromatic heterocycles. The van der Waals surface area contributed by atoms with E-state index in [0.29, 0.717) is 16.3 Å². The van der Waals surface area contributed by atoms with Crippen LogP contribution in [0.4, 0.5) is 13.2 Å². The van der Waals surface area contributed by atoms with Crippen LogP contribution in [0.1, 0.15) is 6.92 Å². The van der Waals surface area contributed by atoms with E-state index in [-0.39, 0.29) is 5.39 Å². The Hall–Kier alpha value is -2.79. The molecule has 4 nitrogen and oxygen atoms in total. The Labute approximate surface area is 142 Å². The second-order valence-corrected chi connectivity index (χ2v) is 6.29. The van der Waals surface area contributed by atoms with Gasteiger partial charge in [0.15, 0.2) is 0 Å². The second kappa shape index (κ2) is 6.99. The van der Waals surface area contributed by atoms with Crippen molar-refractivity contribution in [3.63, 3.8) is 0 Å². The van der Waals surface area contributed by atoms with Crippen LogP contribution >= 0.6 is 0 Å². The number of hydrogen-bond donors (Lipinski definition) is 0. The van der Waals surface area contributed by atoms with Crippen LogP contribution in [0.25, 0.3) is 21.7 Å². The molecule has 0 unspecified atom stereocenters. The van der Waals surface area contributed by atoms with E-state index >= 15 is 0 Å². The smallest absolute Gasteiger partial charge is 0.355 e. The molecule has 0 bridgehead atoms. The number of benzene rings is 2. The zero-order valence-electron chi connectivity index (χ0n) is 12.9. The molecule has 0 amide bonds. The minimum absolute atomic E-state index is 0.189. The van der Waals surface area contributed by atoms with Gasteiger partial charge >= 0.3 is 15.6 Å². The van der Waals surface area contributed by atoms with Crippen molar-refractivity contribution >= 4 is 31.8 Å². The monoisotopic (exact) mass is 367 g/mol. The predicted octanol–water partition coefficient (Wildman–Crippen LogP) is 4.26. The van der Waals surface area contributed by atoms with E-state index in [9.17, 15) is 21.6 Å². The normalized spacial score (nSPS) is 11.5.